The Kier molecular flexibility index (Phi) is 8.01. The summed E-state index contributed by atoms with van der Waals surface area (Å²) in [6.07, 6.45) is 5.82. The minimum Gasteiger partial charge on any atom is -0.411 e. The second kappa shape index (κ2) is 9.34. The number of nitrogens with zero attached hydrogens (tertiary/aromatic N) is 3. The van der Waals surface area contributed by atoms with Crippen LogP contribution in [0.25, 0.3) is 0 Å². The van der Waals surface area contributed by atoms with E-state index < -0.39 is 0 Å². The van der Waals surface area contributed by atoms with E-state index in [1.807, 2.05) is 0 Å². The van der Waals surface area contributed by atoms with Crippen LogP contribution in [0, 0.1) is 0 Å². The molecule has 0 bridgehead atoms. The molecule has 0 saturated carbocycles. The SMILES string of the molecule is CCN(CC)CCCCCN1CCC(=NO)CC1. The summed E-state index contributed by atoms with van der Waals surface area (Å²) in [5, 5.41) is 12.0. The lowest BCUT2D eigenvalue weighted by Crippen LogP contribution is -2.34. The van der Waals surface area contributed by atoms with Crippen molar-refractivity contribution in [3.05, 3.63) is 0 Å². The highest BCUT2D eigenvalue weighted by Gasteiger charge is 2.14. The predicted octanol–water partition coefficient (Wildman–Crippen LogP) is 2.42. The molecular formula is C14H29N3O. The lowest BCUT2D eigenvalue weighted by Gasteiger charge is -2.27. The van der Waals surface area contributed by atoms with E-state index in [1.165, 1.54) is 45.4 Å². The van der Waals surface area contributed by atoms with E-state index in [9.17, 15) is 0 Å². The van der Waals surface area contributed by atoms with Gasteiger partial charge in [-0.25, -0.2) is 0 Å². The van der Waals surface area contributed by atoms with Crippen LogP contribution in [0.3, 0.4) is 0 Å². The van der Waals surface area contributed by atoms with Crippen LogP contribution in [-0.2, 0) is 0 Å². The van der Waals surface area contributed by atoms with Gasteiger partial charge in [0.05, 0.1) is 5.71 Å². The molecule has 1 rings (SSSR count). The van der Waals surface area contributed by atoms with E-state index in [4.69, 9.17) is 5.21 Å². The molecule has 0 atom stereocenters. The minimum absolute atomic E-state index is 0.940. The molecule has 1 N–H and O–H groups in total. The third-order valence-corrected chi connectivity index (χ3v) is 3.92. The van der Waals surface area contributed by atoms with Crippen LogP contribution in [-0.4, -0.2) is 60.0 Å². The molecule has 0 aromatic carbocycles. The fraction of sp³-hybridized carbons (Fsp3) is 0.929. The summed E-state index contributed by atoms with van der Waals surface area (Å²) >= 11 is 0. The van der Waals surface area contributed by atoms with Crippen molar-refractivity contribution >= 4 is 5.71 Å². The van der Waals surface area contributed by atoms with Crippen molar-refractivity contribution in [1.82, 2.24) is 9.80 Å². The number of unbranched alkanes of at least 4 members (excludes halogenated alkanes) is 2. The smallest absolute Gasteiger partial charge is 0.0596 e. The highest BCUT2D eigenvalue weighted by atomic mass is 16.4. The summed E-state index contributed by atoms with van der Waals surface area (Å²) in [5.41, 5.74) is 0.966. The van der Waals surface area contributed by atoms with Gasteiger partial charge >= 0.3 is 0 Å². The van der Waals surface area contributed by atoms with Crippen LogP contribution in [0.15, 0.2) is 5.16 Å². The maximum atomic E-state index is 8.69. The standard InChI is InChI=1S/C14H29N3O/c1-3-16(4-2)10-6-5-7-11-17-12-8-14(15-18)9-13-17/h18H,3-13H2,1-2H3. The second-order valence-corrected chi connectivity index (χ2v) is 5.10. The Morgan fingerprint density at radius 2 is 1.78 bits per heavy atom. The van der Waals surface area contributed by atoms with Gasteiger partial charge in [-0.3, -0.25) is 0 Å². The zero-order valence-corrected chi connectivity index (χ0v) is 12.1. The first-order chi connectivity index (χ1) is 8.80. The molecule has 18 heavy (non-hydrogen) atoms. The van der Waals surface area contributed by atoms with E-state index >= 15 is 0 Å². The third-order valence-electron chi connectivity index (χ3n) is 3.92. The molecular weight excluding hydrogens is 226 g/mol. The Morgan fingerprint density at radius 3 is 2.33 bits per heavy atom. The highest BCUT2D eigenvalue weighted by Crippen LogP contribution is 2.09. The van der Waals surface area contributed by atoms with Gasteiger partial charge in [-0.05, 0) is 39.0 Å². The largest absolute Gasteiger partial charge is 0.411 e. The van der Waals surface area contributed by atoms with Crippen molar-refractivity contribution in [2.24, 2.45) is 5.16 Å². The van der Waals surface area contributed by atoms with Gasteiger partial charge in [0.2, 0.25) is 0 Å². The molecule has 4 heteroatoms. The normalized spacial score (nSPS) is 17.4. The Labute approximate surface area is 112 Å². The molecule has 1 heterocycles. The first kappa shape index (κ1) is 15.4. The van der Waals surface area contributed by atoms with Gasteiger partial charge in [-0.1, -0.05) is 25.4 Å². The summed E-state index contributed by atoms with van der Waals surface area (Å²) in [5.74, 6) is 0. The quantitative estimate of drug-likeness (QED) is 0.411. The van der Waals surface area contributed by atoms with Crippen LogP contribution in [0.5, 0.6) is 0 Å². The summed E-state index contributed by atoms with van der Waals surface area (Å²) < 4.78 is 0. The molecule has 1 aliphatic rings. The van der Waals surface area contributed by atoms with Crippen LogP contribution >= 0.6 is 0 Å². The Morgan fingerprint density at radius 1 is 1.11 bits per heavy atom. The molecule has 106 valence electrons. The number of likely N-dealkylation sites (tertiary alicyclic amines) is 1. The van der Waals surface area contributed by atoms with Gasteiger partial charge in [-0.2, -0.15) is 0 Å². The fourth-order valence-electron chi connectivity index (χ4n) is 2.52. The fourth-order valence-corrected chi connectivity index (χ4v) is 2.52. The van der Waals surface area contributed by atoms with Crippen LogP contribution in [0.1, 0.15) is 46.0 Å². The van der Waals surface area contributed by atoms with Crippen molar-refractivity contribution < 1.29 is 5.21 Å². The second-order valence-electron chi connectivity index (χ2n) is 5.10. The third kappa shape index (κ3) is 5.83. The monoisotopic (exact) mass is 255 g/mol. The molecule has 1 fully saturated rings. The van der Waals surface area contributed by atoms with E-state index in [0.717, 1.165) is 31.6 Å². The van der Waals surface area contributed by atoms with Gasteiger partial charge in [0.15, 0.2) is 0 Å². The van der Waals surface area contributed by atoms with E-state index in [0.29, 0.717) is 0 Å². The average Bonchev–Trinajstić information content (AvgIpc) is 2.43. The molecule has 0 amide bonds. The van der Waals surface area contributed by atoms with Crippen molar-refractivity contribution in [2.75, 3.05) is 39.3 Å². The lowest BCUT2D eigenvalue weighted by atomic mass is 10.1. The summed E-state index contributed by atoms with van der Waals surface area (Å²) in [7, 11) is 0. The van der Waals surface area contributed by atoms with Crippen LogP contribution in [0.4, 0.5) is 0 Å². The molecule has 0 aliphatic carbocycles. The molecule has 0 aromatic rings. The number of hydrogen-bond donors (Lipinski definition) is 1. The molecule has 1 aliphatic heterocycles. The van der Waals surface area contributed by atoms with E-state index in [-0.39, 0.29) is 0 Å². The van der Waals surface area contributed by atoms with Crippen LogP contribution < -0.4 is 0 Å². The zero-order chi connectivity index (χ0) is 13.2. The first-order valence-corrected chi connectivity index (χ1v) is 7.44. The Bertz CT molecular complexity index is 229. The summed E-state index contributed by atoms with van der Waals surface area (Å²) in [4.78, 5) is 4.98. The molecule has 0 radical (unpaired) electrons. The number of rotatable bonds is 8. The van der Waals surface area contributed by atoms with Crippen molar-refractivity contribution in [1.29, 1.82) is 0 Å². The molecule has 0 aromatic heterocycles. The lowest BCUT2D eigenvalue weighted by molar-refractivity contribution is 0.252. The van der Waals surface area contributed by atoms with Crippen LogP contribution in [0.2, 0.25) is 0 Å². The Hall–Kier alpha value is -0.610. The van der Waals surface area contributed by atoms with Gasteiger partial charge < -0.3 is 15.0 Å². The summed E-state index contributed by atoms with van der Waals surface area (Å²) in [6.45, 7) is 11.4. The molecule has 0 spiro atoms. The topological polar surface area (TPSA) is 39.1 Å². The van der Waals surface area contributed by atoms with E-state index in [2.05, 4.69) is 28.8 Å². The maximum Gasteiger partial charge on any atom is 0.0596 e. The first-order valence-electron chi connectivity index (χ1n) is 7.44. The minimum atomic E-state index is 0.940. The van der Waals surface area contributed by atoms with Crippen molar-refractivity contribution in [3.63, 3.8) is 0 Å². The average molecular weight is 255 g/mol. The van der Waals surface area contributed by atoms with Crippen molar-refractivity contribution in [3.8, 4) is 0 Å². The predicted molar refractivity (Wildman–Crippen MR) is 76.5 cm³/mol. The number of hydrogen-bond acceptors (Lipinski definition) is 4. The van der Waals surface area contributed by atoms with Gasteiger partial charge in [0, 0.05) is 25.9 Å². The molecule has 0 unspecified atom stereocenters. The van der Waals surface area contributed by atoms with Crippen molar-refractivity contribution in [2.45, 2.75) is 46.0 Å². The zero-order valence-electron chi connectivity index (χ0n) is 12.1. The maximum absolute atomic E-state index is 8.69. The van der Waals surface area contributed by atoms with Gasteiger partial charge in [0.1, 0.15) is 0 Å². The Balaban J connectivity index is 1.98. The highest BCUT2D eigenvalue weighted by molar-refractivity contribution is 5.84. The van der Waals surface area contributed by atoms with Gasteiger partial charge in [-0.15, -0.1) is 0 Å². The number of oxime groups is 1. The number of piperidine rings is 1. The van der Waals surface area contributed by atoms with E-state index in [1.54, 1.807) is 0 Å². The molecule has 4 nitrogen and oxygen atoms in total. The molecule has 1 saturated heterocycles. The van der Waals surface area contributed by atoms with Gasteiger partial charge in [0.25, 0.3) is 0 Å². The summed E-state index contributed by atoms with van der Waals surface area (Å²) in [6, 6.07) is 0.